The van der Waals surface area contributed by atoms with Crippen molar-refractivity contribution in [3.05, 3.63) is 71.6 Å². The van der Waals surface area contributed by atoms with Crippen LogP contribution in [0, 0.1) is 17.6 Å². The lowest BCUT2D eigenvalue weighted by molar-refractivity contribution is -0.921. The Kier molecular flexibility index (Phi) is 8.26. The number of halogens is 2. The number of morpholine rings is 1. The van der Waals surface area contributed by atoms with Gasteiger partial charge in [0.15, 0.2) is 17.4 Å². The quantitative estimate of drug-likeness (QED) is 0.502. The van der Waals surface area contributed by atoms with Gasteiger partial charge in [0.1, 0.15) is 19.6 Å². The Morgan fingerprint density at radius 2 is 1.59 bits per heavy atom. The molecule has 2 aliphatic heterocycles. The van der Waals surface area contributed by atoms with E-state index in [1.165, 1.54) is 22.6 Å². The summed E-state index contributed by atoms with van der Waals surface area (Å²) in [6, 6.07) is 10.6. The van der Waals surface area contributed by atoms with Crippen molar-refractivity contribution in [3.8, 4) is 16.9 Å². The summed E-state index contributed by atoms with van der Waals surface area (Å²) in [6.07, 6.45) is 6.37. The van der Waals surface area contributed by atoms with Crippen molar-refractivity contribution in [2.24, 2.45) is 5.92 Å². The van der Waals surface area contributed by atoms with Gasteiger partial charge in [0.05, 0.1) is 19.8 Å². The second-order valence-corrected chi connectivity index (χ2v) is 9.99. The van der Waals surface area contributed by atoms with E-state index in [-0.39, 0.29) is 18.3 Å². The number of piperidine rings is 1. The zero-order valence-electron chi connectivity index (χ0n) is 21.4. The van der Waals surface area contributed by atoms with E-state index < -0.39 is 11.6 Å². The second kappa shape index (κ2) is 12.0. The zero-order valence-corrected chi connectivity index (χ0v) is 21.4. The number of ether oxygens (including phenoxy) is 2. The van der Waals surface area contributed by atoms with Crippen molar-refractivity contribution >= 4 is 5.95 Å². The number of anilines is 1. The summed E-state index contributed by atoms with van der Waals surface area (Å²) in [7, 11) is 0. The molecular weight excluding hydrogens is 474 g/mol. The highest BCUT2D eigenvalue weighted by Gasteiger charge is 2.23. The molecule has 1 aromatic heterocycles. The fraction of sp³-hybridized carbons (Fsp3) is 0.448. The van der Waals surface area contributed by atoms with Crippen LogP contribution in [0.25, 0.3) is 11.1 Å². The van der Waals surface area contributed by atoms with Crippen molar-refractivity contribution in [2.45, 2.75) is 32.7 Å². The third-order valence-corrected chi connectivity index (χ3v) is 7.40. The molecule has 2 saturated heterocycles. The molecule has 3 aromatic rings. The first-order valence-corrected chi connectivity index (χ1v) is 13.3. The SMILES string of the molecule is CCc1cnc(N2CCC(COc3c(F)cc(-c4ccc(C[NH+]5CCOCC5)cc4)cc3F)CC2)nc1. The van der Waals surface area contributed by atoms with E-state index >= 15 is 0 Å². The Balaban J connectivity index is 1.15. The molecule has 0 aliphatic carbocycles. The first-order valence-electron chi connectivity index (χ1n) is 13.3. The Hall–Kier alpha value is -3.10. The lowest BCUT2D eigenvalue weighted by Gasteiger charge is -2.31. The number of benzene rings is 2. The number of hydrogen-bond donors (Lipinski definition) is 1. The summed E-state index contributed by atoms with van der Waals surface area (Å²) in [5.74, 6) is -0.667. The third-order valence-electron chi connectivity index (χ3n) is 7.40. The summed E-state index contributed by atoms with van der Waals surface area (Å²) in [5, 5.41) is 0. The highest BCUT2D eigenvalue weighted by Crippen LogP contribution is 2.30. The van der Waals surface area contributed by atoms with Crippen molar-refractivity contribution in [3.63, 3.8) is 0 Å². The fourth-order valence-electron chi connectivity index (χ4n) is 5.00. The molecule has 0 atom stereocenters. The molecule has 0 saturated carbocycles. The minimum absolute atomic E-state index is 0.228. The van der Waals surface area contributed by atoms with Crippen molar-refractivity contribution in [1.29, 1.82) is 0 Å². The summed E-state index contributed by atoms with van der Waals surface area (Å²) in [4.78, 5) is 12.6. The largest absolute Gasteiger partial charge is 0.487 e. The molecule has 0 amide bonds. The van der Waals surface area contributed by atoms with Gasteiger partial charge >= 0.3 is 0 Å². The highest BCUT2D eigenvalue weighted by atomic mass is 19.1. The zero-order chi connectivity index (χ0) is 25.6. The molecule has 3 heterocycles. The lowest BCUT2D eigenvalue weighted by atomic mass is 9.98. The maximum Gasteiger partial charge on any atom is 0.225 e. The summed E-state index contributed by atoms with van der Waals surface area (Å²) < 4.78 is 40.8. The van der Waals surface area contributed by atoms with Crippen molar-refractivity contribution in [2.75, 3.05) is 50.9 Å². The van der Waals surface area contributed by atoms with Gasteiger partial charge in [-0.05, 0) is 54.0 Å². The number of aromatic nitrogens is 2. The third kappa shape index (κ3) is 6.43. The van der Waals surface area contributed by atoms with E-state index in [2.05, 4.69) is 21.8 Å². The number of rotatable bonds is 8. The van der Waals surface area contributed by atoms with E-state index in [9.17, 15) is 8.78 Å². The lowest BCUT2D eigenvalue weighted by Crippen LogP contribution is -3.12. The van der Waals surface area contributed by atoms with E-state index in [0.717, 1.165) is 82.3 Å². The summed E-state index contributed by atoms with van der Waals surface area (Å²) >= 11 is 0. The molecule has 0 spiro atoms. The second-order valence-electron chi connectivity index (χ2n) is 9.99. The van der Waals surface area contributed by atoms with Gasteiger partial charge in [-0.15, -0.1) is 0 Å². The molecule has 196 valence electrons. The highest BCUT2D eigenvalue weighted by molar-refractivity contribution is 5.65. The van der Waals surface area contributed by atoms with Crippen LogP contribution >= 0.6 is 0 Å². The minimum Gasteiger partial charge on any atom is -0.487 e. The standard InChI is InChI=1S/C29H34F2N4O2/c1-2-21-17-32-29(33-18-21)35-9-7-23(8-10-35)20-37-28-26(30)15-25(16-27(28)31)24-5-3-22(4-6-24)19-34-11-13-36-14-12-34/h3-6,15-18,23H,2,7-14,19-20H2,1H3/p+1. The monoisotopic (exact) mass is 509 g/mol. The van der Waals surface area contributed by atoms with Crippen LogP contribution in [0.3, 0.4) is 0 Å². The summed E-state index contributed by atoms with van der Waals surface area (Å²) in [6.45, 7) is 8.48. The topological polar surface area (TPSA) is 51.9 Å². The van der Waals surface area contributed by atoms with Gasteiger partial charge in [-0.1, -0.05) is 31.2 Å². The first-order chi connectivity index (χ1) is 18.1. The molecule has 6 nitrogen and oxygen atoms in total. The molecule has 5 rings (SSSR count). The van der Waals surface area contributed by atoms with Gasteiger partial charge in [0, 0.05) is 31.0 Å². The smallest absolute Gasteiger partial charge is 0.225 e. The first kappa shape index (κ1) is 25.5. The van der Waals surface area contributed by atoms with Crippen LogP contribution in [0.5, 0.6) is 5.75 Å². The van der Waals surface area contributed by atoms with Crippen LogP contribution in [0.1, 0.15) is 30.9 Å². The fourth-order valence-corrected chi connectivity index (χ4v) is 5.00. The Labute approximate surface area is 217 Å². The van der Waals surface area contributed by atoms with Crippen LogP contribution in [-0.2, 0) is 17.7 Å². The predicted octanol–water partition coefficient (Wildman–Crippen LogP) is 3.69. The number of nitrogens with zero attached hydrogens (tertiary/aromatic N) is 3. The molecule has 0 radical (unpaired) electrons. The number of hydrogen-bond acceptors (Lipinski definition) is 5. The van der Waals surface area contributed by atoms with Crippen LogP contribution in [0.2, 0.25) is 0 Å². The van der Waals surface area contributed by atoms with Crippen LogP contribution in [0.4, 0.5) is 14.7 Å². The van der Waals surface area contributed by atoms with Gasteiger partial charge in [-0.2, -0.15) is 0 Å². The minimum atomic E-state index is -0.668. The normalized spacial score (nSPS) is 17.2. The predicted molar refractivity (Wildman–Crippen MR) is 139 cm³/mol. The molecule has 0 bridgehead atoms. The Morgan fingerprint density at radius 3 is 2.22 bits per heavy atom. The van der Waals surface area contributed by atoms with Crippen molar-refractivity contribution in [1.82, 2.24) is 9.97 Å². The molecule has 2 aliphatic rings. The van der Waals surface area contributed by atoms with Crippen LogP contribution in [-0.4, -0.2) is 56.0 Å². The summed E-state index contributed by atoms with van der Waals surface area (Å²) in [5.41, 5.74) is 3.61. The van der Waals surface area contributed by atoms with Gasteiger partial charge in [0.2, 0.25) is 5.95 Å². The molecule has 1 N–H and O–H groups in total. The van der Waals surface area contributed by atoms with Gasteiger partial charge < -0.3 is 19.3 Å². The van der Waals surface area contributed by atoms with Crippen LogP contribution in [0.15, 0.2) is 48.8 Å². The van der Waals surface area contributed by atoms with E-state index in [0.29, 0.717) is 5.56 Å². The number of quaternary nitrogens is 1. The molecule has 2 aromatic carbocycles. The van der Waals surface area contributed by atoms with E-state index in [1.807, 2.05) is 36.7 Å². The average Bonchev–Trinajstić information content (AvgIpc) is 2.94. The molecule has 2 fully saturated rings. The van der Waals surface area contributed by atoms with E-state index in [1.54, 1.807) is 0 Å². The van der Waals surface area contributed by atoms with E-state index in [4.69, 9.17) is 9.47 Å². The van der Waals surface area contributed by atoms with Gasteiger partial charge in [0.25, 0.3) is 0 Å². The molecule has 37 heavy (non-hydrogen) atoms. The van der Waals surface area contributed by atoms with Crippen molar-refractivity contribution < 1.29 is 23.2 Å². The van der Waals surface area contributed by atoms with Crippen LogP contribution < -0.4 is 14.5 Å². The maximum absolute atomic E-state index is 14.9. The number of aryl methyl sites for hydroxylation is 1. The number of nitrogens with one attached hydrogen (secondary N) is 1. The Bertz CT molecular complexity index is 1140. The van der Waals surface area contributed by atoms with Gasteiger partial charge in [-0.3, -0.25) is 0 Å². The maximum atomic E-state index is 14.9. The average molecular weight is 510 g/mol. The van der Waals surface area contributed by atoms with Gasteiger partial charge in [-0.25, -0.2) is 18.7 Å². The molecular formula is C29H35F2N4O2+. The molecule has 0 unspecified atom stereocenters. The molecule has 8 heteroatoms. The Morgan fingerprint density at radius 1 is 0.946 bits per heavy atom.